The number of rotatable bonds is 5. The first-order chi connectivity index (χ1) is 14.8. The number of aryl methyl sites for hydroxylation is 2. The highest BCUT2D eigenvalue weighted by Gasteiger charge is 2.31. The fourth-order valence-electron chi connectivity index (χ4n) is 4.34. The molecule has 3 aromatic rings. The summed E-state index contributed by atoms with van der Waals surface area (Å²) >= 11 is 0. The van der Waals surface area contributed by atoms with Gasteiger partial charge in [0.15, 0.2) is 0 Å². The Morgan fingerprint density at radius 2 is 1.77 bits per heavy atom. The molecule has 2 amide bonds. The average Bonchev–Trinajstić information content (AvgIpc) is 3.09. The number of nitrogens with zero attached hydrogens (tertiary/aromatic N) is 1. The number of carbonyl (C=O) groups is 1. The predicted molar refractivity (Wildman–Crippen MR) is 124 cm³/mol. The van der Waals surface area contributed by atoms with Gasteiger partial charge in [0.1, 0.15) is 5.82 Å². The molecule has 1 N–H and O–H groups in total. The van der Waals surface area contributed by atoms with Crippen LogP contribution in [0.4, 0.5) is 9.18 Å². The maximum atomic E-state index is 14.5. The van der Waals surface area contributed by atoms with E-state index < -0.39 is 0 Å². The normalized spacial score (nSPS) is 16.1. The van der Waals surface area contributed by atoms with Crippen molar-refractivity contribution in [3.8, 4) is 11.1 Å². The fraction of sp³-hybridized carbons (Fsp3) is 0.296. The van der Waals surface area contributed by atoms with E-state index >= 15 is 0 Å². The van der Waals surface area contributed by atoms with E-state index in [-0.39, 0.29) is 23.8 Å². The summed E-state index contributed by atoms with van der Waals surface area (Å²) in [6, 6.07) is 19.8. The van der Waals surface area contributed by atoms with Crippen LogP contribution in [0.2, 0.25) is 0 Å². The topological polar surface area (TPSA) is 32.3 Å². The molecule has 3 aromatic carbocycles. The van der Waals surface area contributed by atoms with Crippen LogP contribution >= 0.6 is 0 Å². The Hall–Kier alpha value is -3.14. The number of halogens is 1. The van der Waals surface area contributed by atoms with E-state index in [0.717, 1.165) is 33.4 Å². The van der Waals surface area contributed by atoms with Crippen molar-refractivity contribution >= 4 is 6.03 Å². The molecule has 1 unspecified atom stereocenters. The van der Waals surface area contributed by atoms with E-state index in [1.807, 2.05) is 62.1 Å². The summed E-state index contributed by atoms with van der Waals surface area (Å²) < 4.78 is 14.5. The molecule has 0 aromatic heterocycles. The van der Waals surface area contributed by atoms with E-state index in [1.165, 1.54) is 0 Å². The minimum atomic E-state index is -0.159. The van der Waals surface area contributed by atoms with Crippen LogP contribution in [0.25, 0.3) is 11.1 Å². The molecule has 1 aliphatic heterocycles. The molecule has 0 bridgehead atoms. The van der Waals surface area contributed by atoms with E-state index in [4.69, 9.17) is 0 Å². The van der Waals surface area contributed by atoms with Crippen LogP contribution < -0.4 is 5.32 Å². The molecule has 0 radical (unpaired) electrons. The zero-order chi connectivity index (χ0) is 22.1. The number of urea groups is 1. The first kappa shape index (κ1) is 21.1. The van der Waals surface area contributed by atoms with Crippen molar-refractivity contribution < 1.29 is 9.18 Å². The van der Waals surface area contributed by atoms with Crippen LogP contribution in [0.15, 0.2) is 60.7 Å². The van der Waals surface area contributed by atoms with Crippen molar-refractivity contribution in [3.63, 3.8) is 0 Å². The van der Waals surface area contributed by atoms with Crippen LogP contribution in [0.5, 0.6) is 0 Å². The van der Waals surface area contributed by atoms with Gasteiger partial charge in [-0.3, -0.25) is 0 Å². The lowest BCUT2D eigenvalue weighted by atomic mass is 9.88. The number of benzene rings is 3. The summed E-state index contributed by atoms with van der Waals surface area (Å²) in [5.41, 5.74) is 7.02. The first-order valence-corrected chi connectivity index (χ1v) is 10.8. The first-order valence-electron chi connectivity index (χ1n) is 10.8. The molecule has 1 heterocycles. The monoisotopic (exact) mass is 416 g/mol. The Morgan fingerprint density at radius 3 is 2.48 bits per heavy atom. The standard InChI is InChI=1S/C27H29FN2O/c1-17(2)22-14-23(19(4)13-25(22)28)21-11-10-18(3)12-24(21)26-16-30(27(31)29-26)15-20-8-6-5-7-9-20/h5-14,17,26H,15-16H2,1-4H3,(H,29,31). The number of nitrogens with one attached hydrogen (secondary N) is 1. The van der Waals surface area contributed by atoms with E-state index in [0.29, 0.717) is 18.7 Å². The number of carbonyl (C=O) groups excluding carboxylic acids is 1. The van der Waals surface area contributed by atoms with Crippen LogP contribution in [-0.2, 0) is 6.54 Å². The van der Waals surface area contributed by atoms with Crippen molar-refractivity contribution in [2.24, 2.45) is 0 Å². The third kappa shape index (κ3) is 4.34. The Balaban J connectivity index is 1.70. The van der Waals surface area contributed by atoms with E-state index in [9.17, 15) is 9.18 Å². The van der Waals surface area contributed by atoms with Gasteiger partial charge in [0, 0.05) is 13.1 Å². The SMILES string of the molecule is Cc1ccc(-c2cc(C(C)C)c(F)cc2C)c(C2CN(Cc3ccccc3)C(=O)N2)c1. The number of hydrogen-bond acceptors (Lipinski definition) is 1. The van der Waals surface area contributed by atoms with Gasteiger partial charge in [-0.05, 0) is 65.3 Å². The summed E-state index contributed by atoms with van der Waals surface area (Å²) in [6.45, 7) is 9.20. The number of amides is 2. The second-order valence-corrected chi connectivity index (χ2v) is 8.80. The maximum absolute atomic E-state index is 14.5. The predicted octanol–water partition coefficient (Wildman–Crippen LogP) is 6.50. The minimum Gasteiger partial charge on any atom is -0.329 e. The summed E-state index contributed by atoms with van der Waals surface area (Å²) in [5, 5.41) is 3.16. The quantitative estimate of drug-likeness (QED) is 0.506. The molecule has 1 fully saturated rings. The zero-order valence-corrected chi connectivity index (χ0v) is 18.6. The number of hydrogen-bond donors (Lipinski definition) is 1. The van der Waals surface area contributed by atoms with Crippen molar-refractivity contribution in [3.05, 3.63) is 94.3 Å². The van der Waals surface area contributed by atoms with Gasteiger partial charge in [-0.1, -0.05) is 67.9 Å². The van der Waals surface area contributed by atoms with Gasteiger partial charge in [-0.25, -0.2) is 9.18 Å². The lowest BCUT2D eigenvalue weighted by Gasteiger charge is -2.20. The fourth-order valence-corrected chi connectivity index (χ4v) is 4.34. The lowest BCUT2D eigenvalue weighted by Crippen LogP contribution is -2.27. The Morgan fingerprint density at radius 1 is 1.03 bits per heavy atom. The van der Waals surface area contributed by atoms with Gasteiger partial charge < -0.3 is 10.2 Å². The summed E-state index contributed by atoms with van der Waals surface area (Å²) in [5.74, 6) is -0.0612. The molecule has 1 aliphatic rings. The Bertz CT molecular complexity index is 1110. The molecular formula is C27H29FN2O. The smallest absolute Gasteiger partial charge is 0.318 e. The van der Waals surface area contributed by atoms with Crippen molar-refractivity contribution in [2.75, 3.05) is 6.54 Å². The molecular weight excluding hydrogens is 387 g/mol. The highest BCUT2D eigenvalue weighted by atomic mass is 19.1. The Labute approximate surface area is 183 Å². The van der Waals surface area contributed by atoms with Crippen LogP contribution in [0.1, 0.15) is 53.6 Å². The molecule has 0 saturated carbocycles. The molecule has 1 atom stereocenters. The molecule has 0 aliphatic carbocycles. The Kier molecular flexibility index (Phi) is 5.81. The van der Waals surface area contributed by atoms with Crippen molar-refractivity contribution in [1.29, 1.82) is 0 Å². The van der Waals surface area contributed by atoms with Gasteiger partial charge >= 0.3 is 6.03 Å². The average molecular weight is 417 g/mol. The lowest BCUT2D eigenvalue weighted by molar-refractivity contribution is 0.215. The molecule has 1 saturated heterocycles. The van der Waals surface area contributed by atoms with Crippen LogP contribution in [0, 0.1) is 19.7 Å². The molecule has 31 heavy (non-hydrogen) atoms. The van der Waals surface area contributed by atoms with Crippen LogP contribution in [-0.4, -0.2) is 17.5 Å². The van der Waals surface area contributed by atoms with E-state index in [2.05, 4.69) is 30.4 Å². The summed E-state index contributed by atoms with van der Waals surface area (Å²) in [7, 11) is 0. The second kappa shape index (κ2) is 8.54. The molecule has 4 heteroatoms. The minimum absolute atomic E-state index is 0.0555. The molecule has 0 spiro atoms. The maximum Gasteiger partial charge on any atom is 0.318 e. The second-order valence-electron chi connectivity index (χ2n) is 8.80. The van der Waals surface area contributed by atoms with Crippen molar-refractivity contribution in [2.45, 2.75) is 46.2 Å². The third-order valence-corrected chi connectivity index (χ3v) is 6.04. The van der Waals surface area contributed by atoms with Gasteiger partial charge in [0.25, 0.3) is 0 Å². The molecule has 4 rings (SSSR count). The molecule has 3 nitrogen and oxygen atoms in total. The molecule has 160 valence electrons. The summed E-state index contributed by atoms with van der Waals surface area (Å²) in [4.78, 5) is 14.6. The largest absolute Gasteiger partial charge is 0.329 e. The zero-order valence-electron chi connectivity index (χ0n) is 18.6. The highest BCUT2D eigenvalue weighted by Crippen LogP contribution is 2.36. The highest BCUT2D eigenvalue weighted by molar-refractivity contribution is 5.79. The van der Waals surface area contributed by atoms with Crippen LogP contribution in [0.3, 0.4) is 0 Å². The van der Waals surface area contributed by atoms with Gasteiger partial charge in [-0.2, -0.15) is 0 Å². The van der Waals surface area contributed by atoms with E-state index in [1.54, 1.807) is 6.07 Å². The third-order valence-electron chi connectivity index (χ3n) is 6.04. The van der Waals surface area contributed by atoms with Gasteiger partial charge in [-0.15, -0.1) is 0 Å². The van der Waals surface area contributed by atoms with Crippen molar-refractivity contribution in [1.82, 2.24) is 10.2 Å². The summed E-state index contributed by atoms with van der Waals surface area (Å²) in [6.07, 6.45) is 0. The van der Waals surface area contributed by atoms with Gasteiger partial charge in [0.05, 0.1) is 6.04 Å². The van der Waals surface area contributed by atoms with Gasteiger partial charge in [0.2, 0.25) is 0 Å².